The molecular weight excluding hydrogens is 722 g/mol. The quantitative estimate of drug-likeness (QED) is 0.316. The van der Waals surface area contributed by atoms with Crippen molar-refractivity contribution in [1.29, 1.82) is 5.26 Å². The molecule has 296 valence electrons. The van der Waals surface area contributed by atoms with Gasteiger partial charge in [0.2, 0.25) is 5.91 Å². The highest BCUT2D eigenvalue weighted by Crippen LogP contribution is 2.51. The number of rotatable bonds is 5. The maximum Gasteiger partial charge on any atom is 0.410 e. The van der Waals surface area contributed by atoms with Gasteiger partial charge in [-0.05, 0) is 139 Å². The van der Waals surface area contributed by atoms with Gasteiger partial charge in [-0.1, -0.05) is 11.1 Å². The Morgan fingerprint density at radius 3 is 2.04 bits per heavy atom. The smallest absolute Gasteiger partial charge is 0.410 e. The van der Waals surface area contributed by atoms with Crippen LogP contribution in [0.2, 0.25) is 0 Å². The summed E-state index contributed by atoms with van der Waals surface area (Å²) in [4.78, 5) is 30.3. The SMILES string of the molecule is CN(C(=O)OC(C)(C)C)[C@H]1CCCN(c2c(F)cc(C#N)c3c2C2=C(CCC2)C3)C1.CN[C@H]1CCCN(c2c(F)cc(C(N)=O)c3c2C2=C(CCC2)C3)C1.Cl. The highest BCUT2D eigenvalue weighted by Gasteiger charge is 2.37. The number of nitriles is 1. The second kappa shape index (κ2) is 16.1. The Morgan fingerprint density at radius 1 is 0.891 bits per heavy atom. The minimum Gasteiger partial charge on any atom is -0.444 e. The van der Waals surface area contributed by atoms with Crippen molar-refractivity contribution in [3.63, 3.8) is 0 Å². The monoisotopic (exact) mass is 776 g/mol. The number of amides is 2. The summed E-state index contributed by atoms with van der Waals surface area (Å²) in [5.74, 6) is -1.16. The van der Waals surface area contributed by atoms with Crippen LogP contribution in [0, 0.1) is 23.0 Å². The van der Waals surface area contributed by atoms with Crippen LogP contribution in [0.25, 0.3) is 11.1 Å². The molecule has 2 amide bonds. The zero-order valence-corrected chi connectivity index (χ0v) is 33.7. The third kappa shape index (κ3) is 7.82. The molecule has 55 heavy (non-hydrogen) atoms. The number of allylic oxidation sites excluding steroid dienone is 4. The molecule has 0 spiro atoms. The number of carbonyl (C=O) groups excluding carboxylic acids is 2. The van der Waals surface area contributed by atoms with E-state index in [4.69, 9.17) is 10.5 Å². The number of piperidine rings is 2. The maximum atomic E-state index is 15.3. The molecule has 0 aromatic heterocycles. The van der Waals surface area contributed by atoms with Crippen LogP contribution in [0.3, 0.4) is 0 Å². The normalized spacial score (nSPS) is 21.2. The Morgan fingerprint density at radius 2 is 1.45 bits per heavy atom. The Kier molecular flexibility index (Phi) is 11.9. The molecule has 9 nitrogen and oxygen atoms in total. The molecule has 8 rings (SSSR count). The summed E-state index contributed by atoms with van der Waals surface area (Å²) in [5.41, 5.74) is 16.3. The first-order chi connectivity index (χ1) is 25.8. The minimum atomic E-state index is -0.550. The van der Waals surface area contributed by atoms with Gasteiger partial charge in [0.05, 0.1) is 29.0 Å². The van der Waals surface area contributed by atoms with E-state index in [-0.39, 0.29) is 36.2 Å². The van der Waals surface area contributed by atoms with Crippen LogP contribution in [-0.2, 0) is 17.6 Å². The number of ether oxygens (including phenoxy) is 1. The molecule has 2 atom stereocenters. The third-order valence-corrected chi connectivity index (χ3v) is 12.2. The standard InChI is InChI=1S/C24H30FN3O2.C19H24FN3O.ClH/c1-24(2,3)30-23(29)27(4)17-8-6-10-28(14-17)22-20(25)12-16(13-26)19-11-15-7-5-9-18(15)21(19)22;1-22-12-5-3-7-23(10-12)18-16(20)9-15(19(21)24)14-8-11-4-2-6-13(11)17(14)18;/h12,17H,5-11,14H2,1-4H3;9,12,22H,2-8,10H2,1H3,(H2,21,24);1H/t17-;12-;/m00./s1. The molecule has 12 heteroatoms. The molecule has 0 saturated carbocycles. The molecule has 4 aliphatic carbocycles. The number of primary amides is 1. The lowest BCUT2D eigenvalue weighted by Crippen LogP contribution is -2.50. The number of nitrogens with one attached hydrogen (secondary N) is 1. The van der Waals surface area contributed by atoms with E-state index in [1.807, 2.05) is 27.8 Å². The molecule has 2 aliphatic heterocycles. The van der Waals surface area contributed by atoms with Crippen LogP contribution < -0.4 is 20.9 Å². The summed E-state index contributed by atoms with van der Waals surface area (Å²) in [6, 6.07) is 5.29. The molecule has 6 aliphatic rings. The van der Waals surface area contributed by atoms with Gasteiger partial charge in [0.25, 0.3) is 0 Å². The number of fused-ring (bicyclic) bond motifs is 4. The average molecular weight is 777 g/mol. The van der Waals surface area contributed by atoms with Gasteiger partial charge in [0.15, 0.2) is 0 Å². The lowest BCUT2D eigenvalue weighted by Gasteiger charge is -2.40. The van der Waals surface area contributed by atoms with E-state index >= 15 is 8.78 Å². The number of nitrogens with two attached hydrogens (primary N) is 1. The summed E-state index contributed by atoms with van der Waals surface area (Å²) in [7, 11) is 3.72. The fraction of sp³-hybridized carbons (Fsp3) is 0.558. The third-order valence-electron chi connectivity index (χ3n) is 12.2. The summed E-state index contributed by atoms with van der Waals surface area (Å²) in [5, 5.41) is 12.9. The van der Waals surface area contributed by atoms with Crippen molar-refractivity contribution in [3.05, 3.63) is 68.3 Å². The summed E-state index contributed by atoms with van der Waals surface area (Å²) in [6.07, 6.45) is 11.4. The van der Waals surface area contributed by atoms with Crippen LogP contribution in [0.15, 0.2) is 23.3 Å². The number of hydrogen-bond acceptors (Lipinski definition) is 7. The first-order valence-electron chi connectivity index (χ1n) is 19.8. The largest absolute Gasteiger partial charge is 0.444 e. The Balaban J connectivity index is 0.000000188. The van der Waals surface area contributed by atoms with Gasteiger partial charge in [-0.2, -0.15) is 5.26 Å². The zero-order chi connectivity index (χ0) is 38.5. The van der Waals surface area contributed by atoms with Crippen molar-refractivity contribution >= 4 is 46.9 Å². The summed E-state index contributed by atoms with van der Waals surface area (Å²) < 4.78 is 35.9. The maximum absolute atomic E-state index is 15.3. The number of carbonyl (C=O) groups is 2. The number of benzene rings is 2. The number of anilines is 2. The lowest BCUT2D eigenvalue weighted by atomic mass is 9.93. The Bertz CT molecular complexity index is 1980. The van der Waals surface area contributed by atoms with Gasteiger partial charge in [0.1, 0.15) is 17.2 Å². The zero-order valence-electron chi connectivity index (χ0n) is 32.9. The van der Waals surface area contributed by atoms with E-state index in [1.165, 1.54) is 34.4 Å². The molecule has 2 aromatic rings. The van der Waals surface area contributed by atoms with E-state index in [1.54, 1.807) is 11.9 Å². The fourth-order valence-corrected chi connectivity index (χ4v) is 9.72. The van der Waals surface area contributed by atoms with Crippen molar-refractivity contribution < 1.29 is 23.1 Å². The van der Waals surface area contributed by atoms with Gasteiger partial charge in [-0.3, -0.25) is 4.79 Å². The molecule has 0 bridgehead atoms. The van der Waals surface area contributed by atoms with E-state index in [0.29, 0.717) is 35.1 Å². The Labute approximate surface area is 330 Å². The van der Waals surface area contributed by atoms with Crippen LogP contribution in [0.5, 0.6) is 0 Å². The van der Waals surface area contributed by atoms with Crippen LogP contribution in [-0.4, -0.2) is 74.9 Å². The highest BCUT2D eigenvalue weighted by atomic mass is 35.5. The average Bonchev–Trinajstić information content (AvgIpc) is 3.93. The fourth-order valence-electron chi connectivity index (χ4n) is 9.72. The van der Waals surface area contributed by atoms with Gasteiger partial charge >= 0.3 is 6.09 Å². The van der Waals surface area contributed by atoms with Crippen molar-refractivity contribution in [2.24, 2.45) is 5.73 Å². The van der Waals surface area contributed by atoms with E-state index < -0.39 is 11.5 Å². The second-order valence-electron chi connectivity index (χ2n) is 16.8. The first-order valence-corrected chi connectivity index (χ1v) is 19.8. The van der Waals surface area contributed by atoms with E-state index in [0.717, 1.165) is 119 Å². The molecule has 0 radical (unpaired) electrons. The first kappa shape index (κ1) is 40.5. The predicted octanol–water partition coefficient (Wildman–Crippen LogP) is 8.05. The van der Waals surface area contributed by atoms with Gasteiger partial charge in [-0.15, -0.1) is 12.4 Å². The van der Waals surface area contributed by atoms with Gasteiger partial charge in [0, 0.05) is 56.0 Å². The minimum absolute atomic E-state index is 0. The number of nitrogens with zero attached hydrogens (tertiary/aromatic N) is 4. The van der Waals surface area contributed by atoms with Crippen molar-refractivity contribution in [2.45, 2.75) is 116 Å². The molecule has 2 heterocycles. The lowest BCUT2D eigenvalue weighted by molar-refractivity contribution is 0.0209. The van der Waals surface area contributed by atoms with Gasteiger partial charge in [-0.25, -0.2) is 13.6 Å². The van der Waals surface area contributed by atoms with E-state index in [9.17, 15) is 14.9 Å². The highest BCUT2D eigenvalue weighted by molar-refractivity contribution is 6.00. The molecule has 2 fully saturated rings. The van der Waals surface area contributed by atoms with Gasteiger partial charge < -0.3 is 30.5 Å². The number of halogens is 3. The van der Waals surface area contributed by atoms with Crippen molar-refractivity contribution in [3.8, 4) is 6.07 Å². The molecule has 2 saturated heterocycles. The van der Waals surface area contributed by atoms with Crippen molar-refractivity contribution in [1.82, 2.24) is 10.2 Å². The second-order valence-corrected chi connectivity index (χ2v) is 16.8. The predicted molar refractivity (Wildman–Crippen MR) is 216 cm³/mol. The summed E-state index contributed by atoms with van der Waals surface area (Å²) >= 11 is 0. The van der Waals surface area contributed by atoms with Crippen LogP contribution in [0.1, 0.15) is 123 Å². The Hall–Kier alpha value is -4.14. The molecule has 3 N–H and O–H groups in total. The number of hydrogen-bond donors (Lipinski definition) is 2. The van der Waals surface area contributed by atoms with E-state index in [2.05, 4.69) is 21.2 Å². The number of likely N-dealkylation sites (N-methyl/N-ethyl adjacent to an activating group) is 2. The van der Waals surface area contributed by atoms with Crippen LogP contribution >= 0.6 is 12.4 Å². The summed E-state index contributed by atoms with van der Waals surface area (Å²) in [6.45, 7) is 8.54. The topological polar surface area (TPSA) is 115 Å². The molecular formula is C43H55ClF2N6O3. The van der Waals surface area contributed by atoms with Crippen LogP contribution in [0.4, 0.5) is 25.0 Å². The molecule has 2 aromatic carbocycles. The van der Waals surface area contributed by atoms with Crippen molar-refractivity contribution in [2.75, 3.05) is 50.1 Å². The molecule has 0 unspecified atom stereocenters.